The number of rotatable bonds is 4. The fraction of sp³-hybridized carbons (Fsp3) is 0.588. The minimum absolute atomic E-state index is 0. The van der Waals surface area contributed by atoms with E-state index in [1.54, 1.807) is 0 Å². The SMILES string of the molecule is Cl.O=C(NCC1(c2cccc(Br)c2)CCOCC1)C1CCNC1. The van der Waals surface area contributed by atoms with E-state index in [2.05, 4.69) is 44.8 Å². The summed E-state index contributed by atoms with van der Waals surface area (Å²) >= 11 is 3.56. The van der Waals surface area contributed by atoms with Crippen molar-refractivity contribution < 1.29 is 9.53 Å². The number of hydrogen-bond acceptors (Lipinski definition) is 3. The number of halogens is 2. The molecule has 4 nitrogen and oxygen atoms in total. The largest absolute Gasteiger partial charge is 0.381 e. The molecule has 2 heterocycles. The van der Waals surface area contributed by atoms with Gasteiger partial charge in [-0.15, -0.1) is 12.4 Å². The van der Waals surface area contributed by atoms with Gasteiger partial charge in [-0.2, -0.15) is 0 Å². The first-order valence-corrected chi connectivity index (χ1v) is 8.81. The minimum atomic E-state index is -0.0102. The molecule has 1 unspecified atom stereocenters. The summed E-state index contributed by atoms with van der Waals surface area (Å²) in [5.41, 5.74) is 1.28. The number of carbonyl (C=O) groups excluding carboxylic acids is 1. The average Bonchev–Trinajstić information content (AvgIpc) is 3.08. The maximum Gasteiger partial charge on any atom is 0.224 e. The number of amides is 1. The molecule has 1 amide bonds. The van der Waals surface area contributed by atoms with Crippen LogP contribution in [0.2, 0.25) is 0 Å². The summed E-state index contributed by atoms with van der Waals surface area (Å²) in [6, 6.07) is 8.45. The van der Waals surface area contributed by atoms with E-state index in [1.165, 1.54) is 5.56 Å². The smallest absolute Gasteiger partial charge is 0.224 e. The lowest BCUT2D eigenvalue weighted by molar-refractivity contribution is -0.124. The van der Waals surface area contributed by atoms with Gasteiger partial charge in [-0.05, 0) is 43.5 Å². The van der Waals surface area contributed by atoms with Crippen LogP contribution in [0.15, 0.2) is 28.7 Å². The van der Waals surface area contributed by atoms with Gasteiger partial charge >= 0.3 is 0 Å². The van der Waals surface area contributed by atoms with Crippen LogP contribution < -0.4 is 10.6 Å². The van der Waals surface area contributed by atoms with E-state index in [0.29, 0.717) is 6.54 Å². The molecule has 128 valence electrons. The third-order valence-corrected chi connectivity index (χ3v) is 5.41. The first-order chi connectivity index (χ1) is 10.7. The van der Waals surface area contributed by atoms with Gasteiger partial charge in [0.25, 0.3) is 0 Å². The molecule has 0 spiro atoms. The maximum absolute atomic E-state index is 12.3. The highest BCUT2D eigenvalue weighted by atomic mass is 79.9. The van der Waals surface area contributed by atoms with E-state index >= 15 is 0 Å². The molecule has 1 aromatic carbocycles. The van der Waals surface area contributed by atoms with Gasteiger partial charge in [-0.3, -0.25) is 4.79 Å². The normalized spacial score (nSPS) is 23.1. The van der Waals surface area contributed by atoms with Crippen molar-refractivity contribution >= 4 is 34.2 Å². The first kappa shape index (κ1) is 18.7. The zero-order valence-electron chi connectivity index (χ0n) is 13.1. The van der Waals surface area contributed by atoms with Crippen LogP contribution in [0.1, 0.15) is 24.8 Å². The Morgan fingerprint density at radius 1 is 1.39 bits per heavy atom. The lowest BCUT2D eigenvalue weighted by Gasteiger charge is -2.38. The number of nitrogens with one attached hydrogen (secondary N) is 2. The van der Waals surface area contributed by atoms with Crippen molar-refractivity contribution in [1.29, 1.82) is 0 Å². The summed E-state index contributed by atoms with van der Waals surface area (Å²) in [7, 11) is 0. The van der Waals surface area contributed by atoms with Gasteiger partial charge in [0.2, 0.25) is 5.91 Å². The molecular formula is C17H24BrClN2O2. The van der Waals surface area contributed by atoms with Gasteiger partial charge in [0.1, 0.15) is 0 Å². The highest BCUT2D eigenvalue weighted by Crippen LogP contribution is 2.35. The molecule has 3 rings (SSSR count). The Labute approximate surface area is 152 Å². The minimum Gasteiger partial charge on any atom is -0.381 e. The molecule has 2 aliphatic rings. The van der Waals surface area contributed by atoms with Crippen LogP contribution in [0, 0.1) is 5.92 Å². The Bertz CT molecular complexity index is 529. The first-order valence-electron chi connectivity index (χ1n) is 8.02. The number of hydrogen-bond donors (Lipinski definition) is 2. The lowest BCUT2D eigenvalue weighted by atomic mass is 9.74. The second kappa shape index (κ2) is 8.47. The zero-order chi connectivity index (χ0) is 15.4. The van der Waals surface area contributed by atoms with Gasteiger partial charge in [-0.25, -0.2) is 0 Å². The van der Waals surface area contributed by atoms with Crippen LogP contribution in [0.4, 0.5) is 0 Å². The Morgan fingerprint density at radius 2 is 2.17 bits per heavy atom. The Balaban J connectivity index is 0.00000192. The zero-order valence-corrected chi connectivity index (χ0v) is 15.5. The van der Waals surface area contributed by atoms with Crippen molar-refractivity contribution in [2.24, 2.45) is 5.92 Å². The molecule has 2 aliphatic heterocycles. The summed E-state index contributed by atoms with van der Waals surface area (Å²) in [6.07, 6.45) is 2.85. The number of ether oxygens (including phenoxy) is 1. The molecule has 0 radical (unpaired) electrons. The summed E-state index contributed by atoms with van der Waals surface area (Å²) < 4.78 is 6.63. The van der Waals surface area contributed by atoms with E-state index in [4.69, 9.17) is 4.74 Å². The van der Waals surface area contributed by atoms with Gasteiger partial charge < -0.3 is 15.4 Å². The maximum atomic E-state index is 12.3. The molecule has 2 N–H and O–H groups in total. The second-order valence-corrected chi connectivity index (χ2v) is 7.23. The van der Waals surface area contributed by atoms with Crippen molar-refractivity contribution in [3.8, 4) is 0 Å². The highest BCUT2D eigenvalue weighted by Gasteiger charge is 2.35. The van der Waals surface area contributed by atoms with Crippen LogP contribution in [-0.2, 0) is 14.9 Å². The molecule has 6 heteroatoms. The summed E-state index contributed by atoms with van der Waals surface area (Å²) in [6.45, 7) is 3.96. The fourth-order valence-electron chi connectivity index (χ4n) is 3.43. The molecular weight excluding hydrogens is 380 g/mol. The Hall–Kier alpha value is -0.620. The molecule has 23 heavy (non-hydrogen) atoms. The predicted octanol–water partition coefficient (Wildman–Crippen LogP) is 2.64. The second-order valence-electron chi connectivity index (χ2n) is 6.31. The van der Waals surface area contributed by atoms with Crippen molar-refractivity contribution in [1.82, 2.24) is 10.6 Å². The van der Waals surface area contributed by atoms with E-state index in [1.807, 2.05) is 6.07 Å². The Morgan fingerprint density at radius 3 is 2.83 bits per heavy atom. The van der Waals surface area contributed by atoms with E-state index in [9.17, 15) is 4.79 Å². The van der Waals surface area contributed by atoms with Crippen molar-refractivity contribution in [3.63, 3.8) is 0 Å². The quantitative estimate of drug-likeness (QED) is 0.812. The summed E-state index contributed by atoms with van der Waals surface area (Å²) in [5, 5.41) is 6.46. The molecule has 2 fully saturated rings. The third-order valence-electron chi connectivity index (χ3n) is 4.92. The van der Waals surface area contributed by atoms with Gasteiger partial charge in [0.15, 0.2) is 0 Å². The standard InChI is InChI=1S/C17H23BrN2O2.ClH/c18-15-3-1-2-14(10-15)17(5-8-22-9-6-17)12-20-16(21)13-4-7-19-11-13;/h1-3,10,13,19H,4-9,11-12H2,(H,20,21);1H. The topological polar surface area (TPSA) is 50.4 Å². The van der Waals surface area contributed by atoms with Gasteiger partial charge in [0, 0.05) is 36.2 Å². The number of carbonyl (C=O) groups is 1. The van der Waals surface area contributed by atoms with Crippen molar-refractivity contribution in [3.05, 3.63) is 34.3 Å². The summed E-state index contributed by atoms with van der Waals surface area (Å²) in [5.74, 6) is 0.310. The molecule has 0 aliphatic carbocycles. The molecule has 1 atom stereocenters. The average molecular weight is 404 g/mol. The van der Waals surface area contributed by atoms with Crippen molar-refractivity contribution in [2.75, 3.05) is 32.8 Å². The predicted molar refractivity (Wildman–Crippen MR) is 97.1 cm³/mol. The van der Waals surface area contributed by atoms with E-state index < -0.39 is 0 Å². The molecule has 0 aromatic heterocycles. The van der Waals surface area contributed by atoms with E-state index in [0.717, 1.165) is 50.0 Å². The fourth-order valence-corrected chi connectivity index (χ4v) is 3.83. The Kier molecular flexibility index (Phi) is 6.89. The van der Waals surface area contributed by atoms with Gasteiger partial charge in [-0.1, -0.05) is 28.1 Å². The summed E-state index contributed by atoms with van der Waals surface area (Å²) in [4.78, 5) is 12.3. The van der Waals surface area contributed by atoms with Crippen LogP contribution in [0.5, 0.6) is 0 Å². The third kappa shape index (κ3) is 4.47. The molecule has 0 bridgehead atoms. The highest BCUT2D eigenvalue weighted by molar-refractivity contribution is 9.10. The monoisotopic (exact) mass is 402 g/mol. The lowest BCUT2D eigenvalue weighted by Crippen LogP contribution is -2.46. The van der Waals surface area contributed by atoms with Crippen LogP contribution >= 0.6 is 28.3 Å². The van der Waals surface area contributed by atoms with Crippen LogP contribution in [0.3, 0.4) is 0 Å². The van der Waals surface area contributed by atoms with Crippen LogP contribution in [0.25, 0.3) is 0 Å². The van der Waals surface area contributed by atoms with E-state index in [-0.39, 0.29) is 29.6 Å². The number of benzene rings is 1. The molecule has 2 saturated heterocycles. The molecule has 0 saturated carbocycles. The van der Waals surface area contributed by atoms with Crippen LogP contribution in [-0.4, -0.2) is 38.8 Å². The van der Waals surface area contributed by atoms with Crippen molar-refractivity contribution in [2.45, 2.75) is 24.7 Å². The van der Waals surface area contributed by atoms with Gasteiger partial charge in [0.05, 0.1) is 5.92 Å². The molecule has 1 aromatic rings.